The highest BCUT2D eigenvalue weighted by molar-refractivity contribution is 5.78. The highest BCUT2D eigenvalue weighted by Gasteiger charge is 2.11. The highest BCUT2D eigenvalue weighted by atomic mass is 16.6. The quantitative estimate of drug-likeness (QED) is 0.721. The van der Waals surface area contributed by atoms with Crippen LogP contribution in [0.15, 0.2) is 38.0 Å². The standard InChI is InChI=1S/C13H12N2O4/c1-3-17-11-7-14-12(19-11)8-4-5-9-10(6-8)18-13(16)15(9)2/h4-7H,3H2,1-2H3. The molecule has 0 aliphatic rings. The van der Waals surface area contributed by atoms with Gasteiger partial charge in [-0.05, 0) is 25.1 Å². The van der Waals surface area contributed by atoms with Crippen molar-refractivity contribution in [2.24, 2.45) is 7.05 Å². The van der Waals surface area contributed by atoms with Gasteiger partial charge in [-0.3, -0.25) is 4.57 Å². The SMILES string of the molecule is CCOc1cnc(-c2ccc3c(c2)oc(=O)n3C)o1. The molecular formula is C13H12N2O4. The van der Waals surface area contributed by atoms with E-state index in [1.165, 1.54) is 10.8 Å². The second kappa shape index (κ2) is 4.31. The van der Waals surface area contributed by atoms with Crippen LogP contribution in [0.5, 0.6) is 5.95 Å². The fourth-order valence-corrected chi connectivity index (χ4v) is 1.87. The number of hydrogen-bond acceptors (Lipinski definition) is 5. The zero-order valence-corrected chi connectivity index (χ0v) is 10.5. The number of fused-ring (bicyclic) bond motifs is 1. The van der Waals surface area contributed by atoms with Gasteiger partial charge in [-0.15, -0.1) is 0 Å². The van der Waals surface area contributed by atoms with Crippen LogP contribution in [0.4, 0.5) is 0 Å². The van der Waals surface area contributed by atoms with E-state index in [9.17, 15) is 4.79 Å². The molecular weight excluding hydrogens is 248 g/mol. The lowest BCUT2D eigenvalue weighted by molar-refractivity contribution is 0.260. The average Bonchev–Trinajstić information content (AvgIpc) is 2.96. The first kappa shape index (κ1) is 11.6. The number of nitrogens with zero attached hydrogens (tertiary/aromatic N) is 2. The Morgan fingerprint density at radius 3 is 3.00 bits per heavy atom. The largest absolute Gasteiger partial charge is 0.464 e. The predicted molar refractivity (Wildman–Crippen MR) is 68.1 cm³/mol. The summed E-state index contributed by atoms with van der Waals surface area (Å²) in [6.07, 6.45) is 1.52. The summed E-state index contributed by atoms with van der Waals surface area (Å²) in [6.45, 7) is 2.38. The first-order chi connectivity index (χ1) is 9.19. The van der Waals surface area contributed by atoms with E-state index in [1.54, 1.807) is 19.2 Å². The van der Waals surface area contributed by atoms with E-state index in [1.807, 2.05) is 13.0 Å². The van der Waals surface area contributed by atoms with Crippen LogP contribution in [0.1, 0.15) is 6.92 Å². The van der Waals surface area contributed by atoms with Crippen LogP contribution < -0.4 is 10.5 Å². The number of benzene rings is 1. The molecule has 2 heterocycles. The van der Waals surface area contributed by atoms with Crippen molar-refractivity contribution in [3.05, 3.63) is 34.9 Å². The summed E-state index contributed by atoms with van der Waals surface area (Å²) in [6, 6.07) is 5.33. The molecule has 3 rings (SSSR count). The van der Waals surface area contributed by atoms with Crippen LogP contribution in [0, 0.1) is 0 Å². The van der Waals surface area contributed by atoms with Crippen LogP contribution in [-0.2, 0) is 7.05 Å². The molecule has 0 saturated heterocycles. The van der Waals surface area contributed by atoms with Crippen molar-refractivity contribution in [2.45, 2.75) is 6.92 Å². The Bertz CT molecular complexity index is 781. The molecule has 0 aliphatic heterocycles. The van der Waals surface area contributed by atoms with E-state index in [4.69, 9.17) is 13.6 Å². The third-order valence-corrected chi connectivity index (χ3v) is 2.81. The predicted octanol–water partition coefficient (Wildman–Crippen LogP) is 2.19. The maximum absolute atomic E-state index is 11.4. The van der Waals surface area contributed by atoms with Crippen molar-refractivity contribution in [3.8, 4) is 17.4 Å². The molecule has 0 fully saturated rings. The zero-order valence-electron chi connectivity index (χ0n) is 10.5. The van der Waals surface area contributed by atoms with Gasteiger partial charge in [0.25, 0.3) is 0 Å². The lowest BCUT2D eigenvalue weighted by atomic mass is 10.2. The molecule has 98 valence electrons. The molecule has 0 amide bonds. The summed E-state index contributed by atoms with van der Waals surface area (Å²) in [5.41, 5.74) is 1.96. The number of oxazole rings is 2. The topological polar surface area (TPSA) is 70.4 Å². The van der Waals surface area contributed by atoms with Gasteiger partial charge in [0.15, 0.2) is 5.58 Å². The van der Waals surface area contributed by atoms with Gasteiger partial charge >= 0.3 is 11.7 Å². The molecule has 3 aromatic rings. The van der Waals surface area contributed by atoms with Crippen molar-refractivity contribution in [2.75, 3.05) is 6.61 Å². The van der Waals surface area contributed by atoms with Crippen molar-refractivity contribution >= 4 is 11.1 Å². The molecule has 0 radical (unpaired) electrons. The Hall–Kier alpha value is -2.50. The molecule has 6 heteroatoms. The molecule has 0 atom stereocenters. The third-order valence-electron chi connectivity index (χ3n) is 2.81. The molecule has 6 nitrogen and oxygen atoms in total. The van der Waals surface area contributed by atoms with Crippen LogP contribution in [0.25, 0.3) is 22.6 Å². The summed E-state index contributed by atoms with van der Waals surface area (Å²) in [7, 11) is 1.66. The first-order valence-electron chi connectivity index (χ1n) is 5.87. The number of hydrogen-bond donors (Lipinski definition) is 0. The fraction of sp³-hybridized carbons (Fsp3) is 0.231. The van der Waals surface area contributed by atoms with E-state index in [-0.39, 0.29) is 0 Å². The van der Waals surface area contributed by atoms with E-state index >= 15 is 0 Å². The smallest absolute Gasteiger partial charge is 0.419 e. The molecule has 19 heavy (non-hydrogen) atoms. The van der Waals surface area contributed by atoms with Gasteiger partial charge in [-0.2, -0.15) is 0 Å². The molecule has 0 bridgehead atoms. The van der Waals surface area contributed by atoms with E-state index in [0.29, 0.717) is 24.0 Å². The lowest BCUT2D eigenvalue weighted by Gasteiger charge is -1.97. The zero-order chi connectivity index (χ0) is 13.4. The fourth-order valence-electron chi connectivity index (χ4n) is 1.87. The van der Waals surface area contributed by atoms with E-state index in [0.717, 1.165) is 11.1 Å². The van der Waals surface area contributed by atoms with Gasteiger partial charge in [0, 0.05) is 12.6 Å². The second-order valence-electron chi connectivity index (χ2n) is 4.03. The van der Waals surface area contributed by atoms with Gasteiger partial charge in [-0.1, -0.05) is 0 Å². The molecule has 2 aromatic heterocycles. The normalized spacial score (nSPS) is 11.1. The Labute approximate surface area is 108 Å². The third kappa shape index (κ3) is 1.91. The van der Waals surface area contributed by atoms with Crippen molar-refractivity contribution in [1.82, 2.24) is 9.55 Å². The molecule has 1 aromatic carbocycles. The summed E-state index contributed by atoms with van der Waals surface area (Å²) in [5.74, 6) is 0.401. The lowest BCUT2D eigenvalue weighted by Crippen LogP contribution is -2.08. The Morgan fingerprint density at radius 2 is 2.21 bits per heavy atom. The van der Waals surface area contributed by atoms with Crippen LogP contribution in [-0.4, -0.2) is 16.2 Å². The van der Waals surface area contributed by atoms with Crippen LogP contribution in [0.3, 0.4) is 0 Å². The number of ether oxygens (including phenoxy) is 1. The summed E-state index contributed by atoms with van der Waals surface area (Å²) in [4.78, 5) is 15.5. The molecule has 0 saturated carbocycles. The van der Waals surface area contributed by atoms with Crippen molar-refractivity contribution < 1.29 is 13.6 Å². The van der Waals surface area contributed by atoms with Crippen LogP contribution >= 0.6 is 0 Å². The average molecular weight is 260 g/mol. The Morgan fingerprint density at radius 1 is 1.37 bits per heavy atom. The van der Waals surface area contributed by atoms with Gasteiger partial charge < -0.3 is 13.6 Å². The molecule has 0 N–H and O–H groups in total. The maximum atomic E-state index is 11.4. The molecule has 0 unspecified atom stereocenters. The Kier molecular flexibility index (Phi) is 2.63. The van der Waals surface area contributed by atoms with Gasteiger partial charge in [-0.25, -0.2) is 9.78 Å². The second-order valence-corrected chi connectivity index (χ2v) is 4.03. The van der Waals surface area contributed by atoms with E-state index < -0.39 is 5.76 Å². The highest BCUT2D eigenvalue weighted by Crippen LogP contribution is 2.26. The monoisotopic (exact) mass is 260 g/mol. The van der Waals surface area contributed by atoms with Crippen molar-refractivity contribution in [1.29, 1.82) is 0 Å². The van der Waals surface area contributed by atoms with Gasteiger partial charge in [0.2, 0.25) is 5.89 Å². The van der Waals surface area contributed by atoms with E-state index in [2.05, 4.69) is 4.98 Å². The summed E-state index contributed by atoms with van der Waals surface area (Å²) < 4.78 is 17.2. The molecule has 0 spiro atoms. The van der Waals surface area contributed by atoms with Crippen molar-refractivity contribution in [3.63, 3.8) is 0 Å². The summed E-state index contributed by atoms with van der Waals surface area (Å²) >= 11 is 0. The Balaban J connectivity index is 2.07. The molecule has 0 aliphatic carbocycles. The van der Waals surface area contributed by atoms with Gasteiger partial charge in [0.1, 0.15) is 6.20 Å². The maximum Gasteiger partial charge on any atom is 0.419 e. The summed E-state index contributed by atoms with van der Waals surface area (Å²) in [5, 5.41) is 0. The minimum Gasteiger partial charge on any atom is -0.464 e. The number of aryl methyl sites for hydroxylation is 1. The van der Waals surface area contributed by atoms with Crippen LogP contribution in [0.2, 0.25) is 0 Å². The number of rotatable bonds is 3. The minimum atomic E-state index is -0.394. The van der Waals surface area contributed by atoms with Gasteiger partial charge in [0.05, 0.1) is 12.1 Å². The first-order valence-corrected chi connectivity index (χ1v) is 5.87. The minimum absolute atomic E-state index is 0.368. The number of aromatic nitrogens is 2.